The van der Waals surface area contributed by atoms with Gasteiger partial charge in [0.25, 0.3) is 0 Å². The number of hydrogen-bond acceptors (Lipinski definition) is 4. The van der Waals surface area contributed by atoms with E-state index in [0.717, 1.165) is 16.9 Å². The molecule has 0 atom stereocenters. The minimum absolute atomic E-state index is 0.0785. The molecule has 0 unspecified atom stereocenters. The lowest BCUT2D eigenvalue weighted by atomic mass is 10.3. The van der Waals surface area contributed by atoms with Gasteiger partial charge < -0.3 is 15.4 Å². The molecule has 0 amide bonds. The summed E-state index contributed by atoms with van der Waals surface area (Å²) < 4.78 is 0. The van der Waals surface area contributed by atoms with E-state index in [1.165, 1.54) is 12.8 Å². The summed E-state index contributed by atoms with van der Waals surface area (Å²) >= 11 is 0. The van der Waals surface area contributed by atoms with Crippen molar-refractivity contribution in [1.82, 2.24) is 15.0 Å². The van der Waals surface area contributed by atoms with Gasteiger partial charge in [-0.05, 0) is 18.9 Å². The van der Waals surface area contributed by atoms with Crippen molar-refractivity contribution in [2.75, 3.05) is 11.9 Å². The van der Waals surface area contributed by atoms with E-state index in [-0.39, 0.29) is 6.61 Å². The van der Waals surface area contributed by atoms with Crippen molar-refractivity contribution >= 4 is 16.9 Å². The normalized spacial score (nSPS) is 15.6. The molecule has 2 heterocycles. The van der Waals surface area contributed by atoms with Crippen LogP contribution in [0.25, 0.3) is 11.0 Å². The quantitative estimate of drug-likeness (QED) is 0.717. The lowest BCUT2D eigenvalue weighted by Crippen LogP contribution is -2.07. The third kappa shape index (κ3) is 1.74. The zero-order chi connectivity index (χ0) is 11.0. The van der Waals surface area contributed by atoms with Crippen LogP contribution in [0.4, 0.5) is 5.82 Å². The second kappa shape index (κ2) is 3.75. The van der Waals surface area contributed by atoms with Gasteiger partial charge in [-0.15, -0.1) is 0 Å². The molecule has 1 saturated carbocycles. The Morgan fingerprint density at radius 1 is 1.44 bits per heavy atom. The second-order valence-electron chi connectivity index (χ2n) is 4.12. The Balaban J connectivity index is 2.02. The molecular formula is C11H14N4O. The van der Waals surface area contributed by atoms with Crippen LogP contribution in [0.5, 0.6) is 0 Å². The summed E-state index contributed by atoms with van der Waals surface area (Å²) in [6.45, 7) is 0.0785. The number of aromatic amines is 1. The van der Waals surface area contributed by atoms with Crippen LogP contribution >= 0.6 is 0 Å². The summed E-state index contributed by atoms with van der Waals surface area (Å²) in [7, 11) is 0. The number of anilines is 1. The number of nitrogens with one attached hydrogen (secondary N) is 2. The number of nitrogens with zero attached hydrogens (tertiary/aromatic N) is 2. The van der Waals surface area contributed by atoms with E-state index in [9.17, 15) is 0 Å². The molecule has 0 aliphatic heterocycles. The maximum absolute atomic E-state index is 8.92. The van der Waals surface area contributed by atoms with Gasteiger partial charge in [-0.3, -0.25) is 0 Å². The van der Waals surface area contributed by atoms with E-state index in [2.05, 4.69) is 20.3 Å². The van der Waals surface area contributed by atoms with Crippen molar-refractivity contribution in [3.05, 3.63) is 18.1 Å². The molecule has 1 aliphatic rings. The van der Waals surface area contributed by atoms with Crippen molar-refractivity contribution in [3.63, 3.8) is 0 Å². The highest BCUT2D eigenvalue weighted by molar-refractivity contribution is 5.87. The summed E-state index contributed by atoms with van der Waals surface area (Å²) in [5.74, 6) is 1.57. The largest absolute Gasteiger partial charge is 0.396 e. The molecule has 16 heavy (non-hydrogen) atoms. The molecular weight excluding hydrogens is 204 g/mol. The lowest BCUT2D eigenvalue weighted by molar-refractivity contribution is 0.297. The molecule has 84 valence electrons. The summed E-state index contributed by atoms with van der Waals surface area (Å²) in [4.78, 5) is 11.9. The number of aliphatic hydroxyl groups excluding tert-OH is 1. The zero-order valence-corrected chi connectivity index (χ0v) is 8.90. The van der Waals surface area contributed by atoms with E-state index < -0.39 is 0 Å². The van der Waals surface area contributed by atoms with E-state index in [1.54, 1.807) is 0 Å². The molecule has 1 aliphatic carbocycles. The summed E-state index contributed by atoms with van der Waals surface area (Å²) in [6, 6.07) is 2.54. The van der Waals surface area contributed by atoms with Crippen LogP contribution in [-0.2, 0) is 6.42 Å². The first-order valence-electron chi connectivity index (χ1n) is 5.58. The first-order chi connectivity index (χ1) is 7.86. The topological polar surface area (TPSA) is 73.8 Å². The fourth-order valence-electron chi connectivity index (χ4n) is 1.73. The minimum Gasteiger partial charge on any atom is -0.396 e. The minimum atomic E-state index is 0.0785. The van der Waals surface area contributed by atoms with Crippen molar-refractivity contribution < 1.29 is 5.11 Å². The fourth-order valence-corrected chi connectivity index (χ4v) is 1.73. The van der Waals surface area contributed by atoms with Gasteiger partial charge >= 0.3 is 0 Å². The Labute approximate surface area is 92.9 Å². The third-order valence-electron chi connectivity index (χ3n) is 2.72. The standard InChI is InChI=1S/C11H14N4O/c16-6-4-9-14-10-8(3-5-12-10)11(15-9)13-7-1-2-7/h3,5,7,16H,1-2,4,6H2,(H2,12,13,14,15). The molecule has 0 spiro atoms. The predicted molar refractivity (Wildman–Crippen MR) is 61.3 cm³/mol. The highest BCUT2D eigenvalue weighted by Gasteiger charge is 2.22. The highest BCUT2D eigenvalue weighted by atomic mass is 16.3. The van der Waals surface area contributed by atoms with Crippen LogP contribution in [-0.4, -0.2) is 32.7 Å². The van der Waals surface area contributed by atoms with E-state index in [1.807, 2.05) is 12.3 Å². The van der Waals surface area contributed by atoms with Gasteiger partial charge in [-0.25, -0.2) is 9.97 Å². The maximum atomic E-state index is 8.92. The van der Waals surface area contributed by atoms with Crippen LogP contribution in [0, 0.1) is 0 Å². The molecule has 5 heteroatoms. The molecule has 3 rings (SSSR count). The van der Waals surface area contributed by atoms with Crippen LogP contribution in [0.2, 0.25) is 0 Å². The number of aliphatic hydroxyl groups is 1. The van der Waals surface area contributed by atoms with Gasteiger partial charge in [-0.2, -0.15) is 0 Å². The summed E-state index contributed by atoms with van der Waals surface area (Å²) in [5, 5.41) is 13.3. The number of hydrogen-bond donors (Lipinski definition) is 3. The molecule has 1 fully saturated rings. The van der Waals surface area contributed by atoms with Crippen LogP contribution in [0.15, 0.2) is 12.3 Å². The monoisotopic (exact) mass is 218 g/mol. The van der Waals surface area contributed by atoms with Gasteiger partial charge in [0.15, 0.2) is 0 Å². The molecule has 0 saturated heterocycles. The van der Waals surface area contributed by atoms with Crippen molar-refractivity contribution in [2.24, 2.45) is 0 Å². The predicted octanol–water partition coefficient (Wildman–Crippen LogP) is 1.07. The lowest BCUT2D eigenvalue weighted by Gasteiger charge is -2.06. The van der Waals surface area contributed by atoms with Crippen LogP contribution in [0.1, 0.15) is 18.7 Å². The molecule has 0 radical (unpaired) electrons. The van der Waals surface area contributed by atoms with Gasteiger partial charge in [-0.1, -0.05) is 0 Å². The van der Waals surface area contributed by atoms with Gasteiger partial charge in [0.05, 0.1) is 12.0 Å². The van der Waals surface area contributed by atoms with E-state index >= 15 is 0 Å². The number of rotatable bonds is 4. The number of fused-ring (bicyclic) bond motifs is 1. The van der Waals surface area contributed by atoms with Crippen molar-refractivity contribution in [3.8, 4) is 0 Å². The molecule has 5 nitrogen and oxygen atoms in total. The first kappa shape index (κ1) is 9.59. The molecule has 3 N–H and O–H groups in total. The van der Waals surface area contributed by atoms with Crippen LogP contribution in [0.3, 0.4) is 0 Å². The van der Waals surface area contributed by atoms with Crippen molar-refractivity contribution in [1.29, 1.82) is 0 Å². The molecule has 0 bridgehead atoms. The fraction of sp³-hybridized carbons (Fsp3) is 0.455. The zero-order valence-electron chi connectivity index (χ0n) is 8.90. The summed E-state index contributed by atoms with van der Waals surface area (Å²) in [5.41, 5.74) is 0.835. The molecule has 0 aromatic carbocycles. The number of H-pyrrole nitrogens is 1. The van der Waals surface area contributed by atoms with E-state index in [4.69, 9.17) is 5.11 Å². The highest BCUT2D eigenvalue weighted by Crippen LogP contribution is 2.27. The molecule has 2 aromatic heterocycles. The average molecular weight is 218 g/mol. The first-order valence-corrected chi connectivity index (χ1v) is 5.58. The Morgan fingerprint density at radius 3 is 3.06 bits per heavy atom. The Kier molecular flexibility index (Phi) is 2.25. The number of aromatic nitrogens is 3. The third-order valence-corrected chi connectivity index (χ3v) is 2.72. The van der Waals surface area contributed by atoms with Crippen molar-refractivity contribution in [2.45, 2.75) is 25.3 Å². The van der Waals surface area contributed by atoms with E-state index in [0.29, 0.717) is 18.3 Å². The smallest absolute Gasteiger partial charge is 0.143 e. The average Bonchev–Trinajstić information content (AvgIpc) is 2.95. The van der Waals surface area contributed by atoms with Gasteiger partial charge in [0.2, 0.25) is 0 Å². The Bertz CT molecular complexity index is 504. The second-order valence-corrected chi connectivity index (χ2v) is 4.12. The SMILES string of the molecule is OCCc1nc(NC2CC2)c2cc[nH]c2n1. The summed E-state index contributed by atoms with van der Waals surface area (Å²) in [6.07, 6.45) is 4.78. The Hall–Kier alpha value is -1.62. The Morgan fingerprint density at radius 2 is 2.31 bits per heavy atom. The van der Waals surface area contributed by atoms with Gasteiger partial charge in [0.1, 0.15) is 17.3 Å². The van der Waals surface area contributed by atoms with Gasteiger partial charge in [0, 0.05) is 18.7 Å². The maximum Gasteiger partial charge on any atom is 0.143 e. The molecule has 2 aromatic rings. The van der Waals surface area contributed by atoms with Crippen LogP contribution < -0.4 is 5.32 Å².